The highest BCUT2D eigenvalue weighted by Crippen LogP contribution is 2.22. The van der Waals surface area contributed by atoms with Crippen molar-refractivity contribution in [1.82, 2.24) is 10.6 Å². The van der Waals surface area contributed by atoms with Gasteiger partial charge in [-0.1, -0.05) is 44.2 Å². The average molecular weight is 477 g/mol. The molecular weight excluding hydrogens is 440 g/mol. The number of aryl methyl sites for hydroxylation is 1. The third kappa shape index (κ3) is 6.84. The molecule has 0 bridgehead atoms. The molecule has 0 aliphatic heterocycles. The van der Waals surface area contributed by atoms with Crippen molar-refractivity contribution in [2.24, 2.45) is 0 Å². The Labute approximate surface area is 207 Å². The first kappa shape index (κ1) is 24.8. The largest absolute Gasteiger partial charge is 0.376 e. The fourth-order valence-corrected chi connectivity index (χ4v) is 5.01. The van der Waals surface area contributed by atoms with Crippen LogP contribution in [0.15, 0.2) is 42.5 Å². The summed E-state index contributed by atoms with van der Waals surface area (Å²) < 4.78 is 0. The molecule has 0 unspecified atom stereocenters. The third-order valence-electron chi connectivity index (χ3n) is 7.00. The number of nitrogens with one attached hydrogen (secondary N) is 4. The number of rotatable bonds is 8. The van der Waals surface area contributed by atoms with Gasteiger partial charge in [0.1, 0.15) is 0 Å². The van der Waals surface area contributed by atoms with Gasteiger partial charge in [-0.2, -0.15) is 0 Å². The molecule has 0 radical (unpaired) electrons. The van der Waals surface area contributed by atoms with Gasteiger partial charge in [0.2, 0.25) is 5.91 Å². The van der Waals surface area contributed by atoms with Crippen LogP contribution in [0.1, 0.15) is 84.1 Å². The molecule has 7 nitrogen and oxygen atoms in total. The number of hydrogen-bond donors (Lipinski definition) is 4. The second kappa shape index (κ2) is 11.9. The van der Waals surface area contributed by atoms with E-state index in [1.807, 2.05) is 19.1 Å². The fourth-order valence-electron chi connectivity index (χ4n) is 5.01. The van der Waals surface area contributed by atoms with Gasteiger partial charge in [-0.05, 0) is 68.5 Å². The van der Waals surface area contributed by atoms with Gasteiger partial charge in [0.15, 0.2) is 0 Å². The van der Waals surface area contributed by atoms with Crippen LogP contribution in [-0.4, -0.2) is 36.3 Å². The van der Waals surface area contributed by atoms with E-state index in [4.69, 9.17) is 0 Å². The maximum absolute atomic E-state index is 12.7. The Kier molecular flexibility index (Phi) is 8.40. The number of carbonyl (C=O) groups excluding carboxylic acids is 3. The normalized spacial score (nSPS) is 16.5. The van der Waals surface area contributed by atoms with Crippen LogP contribution in [0.25, 0.3) is 0 Å². The minimum absolute atomic E-state index is 0.0446. The van der Waals surface area contributed by atoms with E-state index in [9.17, 15) is 14.4 Å². The van der Waals surface area contributed by atoms with Gasteiger partial charge in [0, 0.05) is 23.3 Å². The first-order valence-corrected chi connectivity index (χ1v) is 12.8. The number of para-hydroxylation sites is 1. The Morgan fingerprint density at radius 2 is 1.40 bits per heavy atom. The molecule has 2 fully saturated rings. The lowest BCUT2D eigenvalue weighted by Crippen LogP contribution is -2.36. The number of anilines is 2. The van der Waals surface area contributed by atoms with E-state index in [0.29, 0.717) is 16.8 Å². The van der Waals surface area contributed by atoms with Crippen LogP contribution in [-0.2, 0) is 4.79 Å². The summed E-state index contributed by atoms with van der Waals surface area (Å²) in [6.45, 7) is 1.97. The molecule has 2 aromatic rings. The Morgan fingerprint density at radius 3 is 2.09 bits per heavy atom. The van der Waals surface area contributed by atoms with E-state index in [1.165, 1.54) is 19.3 Å². The number of hydrogen-bond acceptors (Lipinski definition) is 4. The summed E-state index contributed by atoms with van der Waals surface area (Å²) in [6, 6.07) is 13.0. The van der Waals surface area contributed by atoms with Crippen molar-refractivity contribution in [2.75, 3.05) is 17.2 Å². The molecule has 4 rings (SSSR count). The van der Waals surface area contributed by atoms with E-state index in [0.717, 1.165) is 49.8 Å². The van der Waals surface area contributed by atoms with Crippen LogP contribution in [0.3, 0.4) is 0 Å². The highest BCUT2D eigenvalue weighted by Gasteiger charge is 2.20. The molecule has 0 heterocycles. The standard InChI is InChI=1S/C28H36N4O3/c1-19-17-20(27(34)30-21-9-3-2-4-10-21)15-16-24(19)29-18-26(33)32-25-14-8-7-13-23(25)28(35)31-22-11-5-6-12-22/h7-8,13-17,21-22,29H,2-6,9-12,18H2,1H3,(H,30,34)(H,31,35)(H,32,33). The van der Waals surface area contributed by atoms with E-state index >= 15 is 0 Å². The molecule has 2 saturated carbocycles. The van der Waals surface area contributed by atoms with E-state index < -0.39 is 0 Å². The smallest absolute Gasteiger partial charge is 0.253 e. The van der Waals surface area contributed by atoms with Crippen molar-refractivity contribution in [3.63, 3.8) is 0 Å². The lowest BCUT2D eigenvalue weighted by molar-refractivity contribution is -0.114. The van der Waals surface area contributed by atoms with E-state index in [2.05, 4.69) is 21.3 Å². The summed E-state index contributed by atoms with van der Waals surface area (Å²) in [5, 5.41) is 12.2. The van der Waals surface area contributed by atoms with Crippen molar-refractivity contribution in [3.05, 3.63) is 59.2 Å². The van der Waals surface area contributed by atoms with E-state index in [-0.39, 0.29) is 36.3 Å². The molecule has 0 atom stereocenters. The Morgan fingerprint density at radius 1 is 0.771 bits per heavy atom. The van der Waals surface area contributed by atoms with E-state index in [1.54, 1.807) is 30.3 Å². The molecule has 35 heavy (non-hydrogen) atoms. The van der Waals surface area contributed by atoms with Crippen LogP contribution in [0.4, 0.5) is 11.4 Å². The first-order chi connectivity index (χ1) is 17.0. The molecule has 3 amide bonds. The van der Waals surface area contributed by atoms with Gasteiger partial charge >= 0.3 is 0 Å². The van der Waals surface area contributed by atoms with Crippen LogP contribution in [0, 0.1) is 6.92 Å². The van der Waals surface area contributed by atoms with Gasteiger partial charge in [-0.3, -0.25) is 14.4 Å². The second-order valence-corrected chi connectivity index (χ2v) is 9.74. The molecule has 2 aromatic carbocycles. The zero-order chi connectivity index (χ0) is 24.6. The zero-order valence-electron chi connectivity index (χ0n) is 20.5. The topological polar surface area (TPSA) is 99.3 Å². The first-order valence-electron chi connectivity index (χ1n) is 12.8. The van der Waals surface area contributed by atoms with Gasteiger partial charge in [0.05, 0.1) is 17.8 Å². The fraction of sp³-hybridized carbons (Fsp3) is 0.464. The minimum Gasteiger partial charge on any atom is -0.376 e. The van der Waals surface area contributed by atoms with Gasteiger partial charge in [0.25, 0.3) is 11.8 Å². The summed E-state index contributed by atoms with van der Waals surface area (Å²) in [5.41, 5.74) is 3.29. The molecule has 2 aliphatic rings. The van der Waals surface area contributed by atoms with Crippen LogP contribution in [0.2, 0.25) is 0 Å². The number of amides is 3. The predicted molar refractivity (Wildman–Crippen MR) is 139 cm³/mol. The lowest BCUT2D eigenvalue weighted by Gasteiger charge is -2.23. The summed E-state index contributed by atoms with van der Waals surface area (Å²) in [4.78, 5) is 38.0. The second-order valence-electron chi connectivity index (χ2n) is 9.74. The van der Waals surface area contributed by atoms with Crippen molar-refractivity contribution in [2.45, 2.75) is 76.8 Å². The summed E-state index contributed by atoms with van der Waals surface area (Å²) in [6.07, 6.45) is 9.97. The van der Waals surface area contributed by atoms with Gasteiger partial charge < -0.3 is 21.3 Å². The molecule has 0 aromatic heterocycles. The SMILES string of the molecule is Cc1cc(C(=O)NC2CCCCC2)ccc1NCC(=O)Nc1ccccc1C(=O)NC1CCCC1. The maximum atomic E-state index is 12.7. The highest BCUT2D eigenvalue weighted by molar-refractivity contribution is 6.04. The quantitative estimate of drug-likeness (QED) is 0.441. The predicted octanol–water partition coefficient (Wildman–Crippen LogP) is 4.78. The highest BCUT2D eigenvalue weighted by atomic mass is 16.2. The van der Waals surface area contributed by atoms with Crippen molar-refractivity contribution >= 4 is 29.1 Å². The average Bonchev–Trinajstić information content (AvgIpc) is 3.37. The van der Waals surface area contributed by atoms with Crippen LogP contribution < -0.4 is 21.3 Å². The van der Waals surface area contributed by atoms with Crippen molar-refractivity contribution in [1.29, 1.82) is 0 Å². The summed E-state index contributed by atoms with van der Waals surface area (Å²) in [5.74, 6) is -0.444. The summed E-state index contributed by atoms with van der Waals surface area (Å²) in [7, 11) is 0. The molecule has 4 N–H and O–H groups in total. The lowest BCUT2D eigenvalue weighted by atomic mass is 9.95. The molecule has 0 spiro atoms. The molecular formula is C28H36N4O3. The number of benzene rings is 2. The zero-order valence-corrected chi connectivity index (χ0v) is 20.5. The Hall–Kier alpha value is -3.35. The molecule has 0 saturated heterocycles. The number of carbonyl (C=O) groups is 3. The van der Waals surface area contributed by atoms with Crippen LogP contribution >= 0.6 is 0 Å². The monoisotopic (exact) mass is 476 g/mol. The Balaban J connectivity index is 1.31. The molecule has 7 heteroatoms. The maximum Gasteiger partial charge on any atom is 0.253 e. The van der Waals surface area contributed by atoms with Gasteiger partial charge in [-0.15, -0.1) is 0 Å². The van der Waals surface area contributed by atoms with Crippen molar-refractivity contribution in [3.8, 4) is 0 Å². The van der Waals surface area contributed by atoms with Crippen molar-refractivity contribution < 1.29 is 14.4 Å². The summed E-state index contributed by atoms with van der Waals surface area (Å²) >= 11 is 0. The minimum atomic E-state index is -0.246. The molecule has 186 valence electrons. The third-order valence-corrected chi connectivity index (χ3v) is 7.00. The van der Waals surface area contributed by atoms with Crippen LogP contribution in [0.5, 0.6) is 0 Å². The molecule has 2 aliphatic carbocycles. The Bertz CT molecular complexity index is 1060. The van der Waals surface area contributed by atoms with Gasteiger partial charge in [-0.25, -0.2) is 0 Å².